The van der Waals surface area contributed by atoms with Crippen molar-refractivity contribution in [2.24, 2.45) is 0 Å². The highest BCUT2D eigenvalue weighted by Gasteiger charge is 2.28. The largest absolute Gasteiger partial charge is 0.224 e. The maximum Gasteiger partial charge on any atom is 0.0345 e. The zero-order valence-electron chi connectivity index (χ0n) is 4.67. The maximum absolute atomic E-state index is 2.20. The van der Waals surface area contributed by atoms with Gasteiger partial charge in [0.15, 0.2) is 0 Å². The molecule has 2 aliphatic rings. The summed E-state index contributed by atoms with van der Waals surface area (Å²) in [4.78, 5) is 0. The van der Waals surface area contributed by atoms with Crippen molar-refractivity contribution in [3.63, 3.8) is 0 Å². The Kier molecular flexibility index (Phi) is 1.71. The van der Waals surface area contributed by atoms with E-state index in [1.165, 1.54) is 22.3 Å². The van der Waals surface area contributed by atoms with Crippen molar-refractivity contribution in [1.29, 1.82) is 0 Å². The lowest BCUT2D eigenvalue weighted by Crippen LogP contribution is -2.21. The molecular formula is C5H10S3. The van der Waals surface area contributed by atoms with Gasteiger partial charge in [0.25, 0.3) is 0 Å². The van der Waals surface area contributed by atoms with E-state index in [9.17, 15) is 0 Å². The van der Waals surface area contributed by atoms with Gasteiger partial charge in [0.2, 0.25) is 0 Å². The predicted molar refractivity (Wildman–Crippen MR) is 47.2 cm³/mol. The Morgan fingerprint density at radius 1 is 1.38 bits per heavy atom. The van der Waals surface area contributed by atoms with Crippen molar-refractivity contribution in [3.05, 3.63) is 0 Å². The molecule has 0 bridgehead atoms. The molecule has 2 heterocycles. The Balaban J connectivity index is 1.79. The summed E-state index contributed by atoms with van der Waals surface area (Å²) in [5.74, 6) is 1.45. The third-order valence-electron chi connectivity index (χ3n) is 1.60. The summed E-state index contributed by atoms with van der Waals surface area (Å²) in [5.41, 5.74) is 0. The summed E-state index contributed by atoms with van der Waals surface area (Å²) >= 11 is 4.34. The fraction of sp³-hybridized carbons (Fsp3) is 1.00. The van der Waals surface area contributed by atoms with Gasteiger partial charge in [-0.1, -0.05) is 0 Å². The van der Waals surface area contributed by atoms with Crippen LogP contribution in [0.25, 0.3) is 0 Å². The quantitative estimate of drug-likeness (QED) is 0.593. The minimum absolute atomic E-state index is 0.554. The van der Waals surface area contributed by atoms with Gasteiger partial charge in [-0.15, -0.1) is 23.5 Å². The van der Waals surface area contributed by atoms with Gasteiger partial charge in [0.05, 0.1) is 0 Å². The van der Waals surface area contributed by atoms with Crippen LogP contribution in [0.2, 0.25) is 0 Å². The average molecular weight is 166 g/mol. The van der Waals surface area contributed by atoms with Gasteiger partial charge in [-0.3, -0.25) is 0 Å². The molecule has 8 heavy (non-hydrogen) atoms. The van der Waals surface area contributed by atoms with Gasteiger partial charge in [-0.05, 0) is 12.2 Å². The van der Waals surface area contributed by atoms with Crippen molar-refractivity contribution in [1.82, 2.24) is 0 Å². The molecule has 2 rings (SSSR count). The van der Waals surface area contributed by atoms with Crippen LogP contribution in [0.3, 0.4) is 0 Å². The molecule has 0 aromatic heterocycles. The number of hydrogen-bond donors (Lipinski definition) is 1. The van der Waals surface area contributed by atoms with Crippen LogP contribution in [0.1, 0.15) is 6.42 Å². The smallest absolute Gasteiger partial charge is 0.0345 e. The highest BCUT2D eigenvalue weighted by atomic mass is 32.3. The Hall–Kier alpha value is 1.05. The van der Waals surface area contributed by atoms with Gasteiger partial charge < -0.3 is 0 Å². The topological polar surface area (TPSA) is 0 Å². The third kappa shape index (κ3) is 0.888. The fourth-order valence-electron chi connectivity index (χ4n) is 0.874. The highest BCUT2D eigenvalue weighted by molar-refractivity contribution is 8.45. The zero-order chi connectivity index (χ0) is 5.40. The number of hydrogen-bond acceptors (Lipinski definition) is 2. The normalized spacial score (nSPS) is 40.5. The van der Waals surface area contributed by atoms with Crippen molar-refractivity contribution < 1.29 is 0 Å². The first-order valence-electron chi connectivity index (χ1n) is 2.90. The van der Waals surface area contributed by atoms with Crippen LogP contribution in [-0.2, 0) is 0 Å². The Morgan fingerprint density at radius 3 is 2.25 bits per heavy atom. The highest BCUT2D eigenvalue weighted by Crippen LogP contribution is 2.56. The predicted octanol–water partition coefficient (Wildman–Crippen LogP) is 2.11. The van der Waals surface area contributed by atoms with Crippen LogP contribution in [0.15, 0.2) is 0 Å². The Bertz CT molecular complexity index is 73.7. The fourth-order valence-corrected chi connectivity index (χ4v) is 7.16. The summed E-state index contributed by atoms with van der Waals surface area (Å²) in [6.45, 7) is 0. The first-order chi connectivity index (χ1) is 3.97. The van der Waals surface area contributed by atoms with Gasteiger partial charge >= 0.3 is 0 Å². The number of thioether (sulfide) groups is 2. The van der Waals surface area contributed by atoms with Crippen LogP contribution in [0.5, 0.6) is 0 Å². The number of thiol groups is 1. The molecule has 48 valence electrons. The summed E-state index contributed by atoms with van der Waals surface area (Å²) in [6.07, 6.45) is 1.54. The lowest BCUT2D eigenvalue weighted by molar-refractivity contribution is 1.00. The van der Waals surface area contributed by atoms with E-state index in [1.807, 2.05) is 0 Å². The van der Waals surface area contributed by atoms with E-state index < -0.39 is 0 Å². The SMILES string of the molecule is C1CC([SH]2CSC2)S1. The Labute approximate surface area is 61.5 Å². The van der Waals surface area contributed by atoms with Gasteiger partial charge in [-0.2, -0.15) is 0 Å². The molecule has 0 saturated carbocycles. The van der Waals surface area contributed by atoms with Crippen molar-refractivity contribution in [2.45, 2.75) is 11.0 Å². The average Bonchev–Trinajstić information content (AvgIpc) is 1.47. The molecule has 0 aliphatic carbocycles. The van der Waals surface area contributed by atoms with Crippen LogP contribution >= 0.6 is 34.4 Å². The van der Waals surface area contributed by atoms with E-state index >= 15 is 0 Å². The van der Waals surface area contributed by atoms with Crippen LogP contribution < -0.4 is 0 Å². The summed E-state index contributed by atoms with van der Waals surface area (Å²) in [5, 5.41) is 3.04. The monoisotopic (exact) mass is 166 g/mol. The molecule has 1 unspecified atom stereocenters. The second-order valence-corrected chi connectivity index (χ2v) is 8.10. The van der Waals surface area contributed by atoms with E-state index in [4.69, 9.17) is 0 Å². The molecule has 0 spiro atoms. The molecule has 0 N–H and O–H groups in total. The van der Waals surface area contributed by atoms with Crippen molar-refractivity contribution in [3.8, 4) is 0 Å². The van der Waals surface area contributed by atoms with Crippen molar-refractivity contribution >= 4 is 34.4 Å². The molecular weight excluding hydrogens is 156 g/mol. The van der Waals surface area contributed by atoms with E-state index in [2.05, 4.69) is 23.5 Å². The molecule has 0 nitrogen and oxygen atoms in total. The number of rotatable bonds is 1. The second-order valence-electron chi connectivity index (χ2n) is 2.17. The molecule has 0 amide bonds. The second kappa shape index (κ2) is 2.35. The third-order valence-corrected chi connectivity index (χ3v) is 9.22. The molecule has 1 atom stereocenters. The van der Waals surface area contributed by atoms with E-state index in [0.29, 0.717) is 10.9 Å². The van der Waals surface area contributed by atoms with Gasteiger partial charge in [0, 0.05) is 14.8 Å². The summed E-state index contributed by atoms with van der Waals surface area (Å²) in [7, 11) is 0.554. The van der Waals surface area contributed by atoms with Crippen LogP contribution in [0.4, 0.5) is 0 Å². The molecule has 0 radical (unpaired) electrons. The molecule has 2 saturated heterocycles. The molecule has 0 aromatic rings. The first kappa shape index (κ1) is 5.81. The van der Waals surface area contributed by atoms with Crippen LogP contribution in [-0.4, -0.2) is 20.5 Å². The van der Waals surface area contributed by atoms with Gasteiger partial charge in [-0.25, -0.2) is 10.9 Å². The molecule has 0 aromatic carbocycles. The maximum atomic E-state index is 2.20. The van der Waals surface area contributed by atoms with Gasteiger partial charge in [0.1, 0.15) is 0 Å². The first-order valence-corrected chi connectivity index (χ1v) is 6.89. The minimum atomic E-state index is 0.554. The van der Waals surface area contributed by atoms with E-state index in [0.717, 1.165) is 4.58 Å². The molecule has 2 aliphatic heterocycles. The lowest BCUT2D eigenvalue weighted by atomic mass is 10.5. The summed E-state index contributed by atoms with van der Waals surface area (Å²) < 4.78 is 1.14. The van der Waals surface area contributed by atoms with Crippen LogP contribution in [0, 0.1) is 0 Å². The van der Waals surface area contributed by atoms with E-state index in [-0.39, 0.29) is 0 Å². The van der Waals surface area contributed by atoms with E-state index in [1.54, 1.807) is 0 Å². The molecule has 2 fully saturated rings. The summed E-state index contributed by atoms with van der Waals surface area (Å²) in [6, 6.07) is 0. The minimum Gasteiger partial charge on any atom is -0.224 e. The standard InChI is InChI=1S/C5H10S3/c1-2-7-5(1)8-3-6-4-8/h5,8H,1-4H2. The lowest BCUT2D eigenvalue weighted by Gasteiger charge is -2.41. The molecule has 3 heteroatoms. The Morgan fingerprint density at radius 2 is 2.12 bits per heavy atom. The van der Waals surface area contributed by atoms with Crippen molar-refractivity contribution in [2.75, 3.05) is 15.9 Å². The zero-order valence-corrected chi connectivity index (χ0v) is 7.20.